The lowest BCUT2D eigenvalue weighted by atomic mass is 10.3. The normalized spacial score (nSPS) is 14.8. The Hall–Kier alpha value is -1.63. The van der Waals surface area contributed by atoms with Gasteiger partial charge < -0.3 is 10.4 Å². The summed E-state index contributed by atoms with van der Waals surface area (Å²) in [6.45, 7) is -0.490. The second kappa shape index (κ2) is 5.78. The van der Waals surface area contributed by atoms with Gasteiger partial charge >= 0.3 is 0 Å². The number of carbonyl (C=O) groups is 2. The molecule has 2 N–H and O–H groups in total. The van der Waals surface area contributed by atoms with Gasteiger partial charge in [-0.15, -0.1) is 0 Å². The number of benzene rings is 1. The summed E-state index contributed by atoms with van der Waals surface area (Å²) in [5.74, 6) is -1.97. The van der Waals surface area contributed by atoms with Crippen LogP contribution >= 0.6 is 23.2 Å². The van der Waals surface area contributed by atoms with Gasteiger partial charge in [0.25, 0.3) is 11.8 Å². The van der Waals surface area contributed by atoms with E-state index in [1.165, 1.54) is 6.07 Å². The Morgan fingerprint density at radius 2 is 2.00 bits per heavy atom. The lowest BCUT2D eigenvalue weighted by Gasteiger charge is -2.14. The van der Waals surface area contributed by atoms with Crippen LogP contribution in [0.4, 0.5) is 10.1 Å². The molecule has 1 aromatic rings. The summed E-state index contributed by atoms with van der Waals surface area (Å²) in [5, 5.41) is 11.3. The van der Waals surface area contributed by atoms with E-state index in [4.69, 9.17) is 28.3 Å². The van der Waals surface area contributed by atoms with Gasteiger partial charge in [0.1, 0.15) is 11.5 Å². The molecule has 0 atom stereocenters. The summed E-state index contributed by atoms with van der Waals surface area (Å²) >= 11 is 11.6. The Labute approximate surface area is 123 Å². The molecule has 1 aromatic carbocycles. The molecule has 0 aliphatic carbocycles. The molecule has 2 rings (SSSR count). The maximum atomic E-state index is 13.7. The Bertz CT molecular complexity index is 619. The molecule has 5 nitrogen and oxygen atoms in total. The monoisotopic (exact) mass is 318 g/mol. The minimum absolute atomic E-state index is 0.0894. The highest BCUT2D eigenvalue weighted by Gasteiger charge is 2.31. The van der Waals surface area contributed by atoms with Gasteiger partial charge in [0.2, 0.25) is 0 Å². The third-order valence-electron chi connectivity index (χ3n) is 2.64. The Balaban J connectivity index is 2.28. The first kappa shape index (κ1) is 14.8. The summed E-state index contributed by atoms with van der Waals surface area (Å²) in [6.07, 6.45) is 1.01. The van der Waals surface area contributed by atoms with Crippen molar-refractivity contribution in [1.82, 2.24) is 4.90 Å². The summed E-state index contributed by atoms with van der Waals surface area (Å²) in [4.78, 5) is 24.3. The van der Waals surface area contributed by atoms with E-state index in [0.717, 1.165) is 17.0 Å². The average molecular weight is 319 g/mol. The topological polar surface area (TPSA) is 69.6 Å². The molecule has 20 heavy (non-hydrogen) atoms. The van der Waals surface area contributed by atoms with Gasteiger partial charge in [0.05, 0.1) is 28.9 Å². The van der Waals surface area contributed by atoms with Crippen LogP contribution in [0.2, 0.25) is 10.0 Å². The second-order valence-electron chi connectivity index (χ2n) is 3.92. The largest absolute Gasteiger partial charge is 0.395 e. The van der Waals surface area contributed by atoms with Gasteiger partial charge in [0, 0.05) is 6.08 Å². The number of rotatable bonds is 4. The lowest BCUT2D eigenvalue weighted by Crippen LogP contribution is -2.34. The van der Waals surface area contributed by atoms with Gasteiger partial charge in [-0.25, -0.2) is 4.39 Å². The van der Waals surface area contributed by atoms with Crippen molar-refractivity contribution in [3.05, 3.63) is 39.8 Å². The molecule has 2 amide bonds. The molecule has 0 spiro atoms. The maximum Gasteiger partial charge on any atom is 0.277 e. The molecule has 1 aliphatic heterocycles. The second-order valence-corrected chi connectivity index (χ2v) is 4.71. The predicted molar refractivity (Wildman–Crippen MR) is 71.9 cm³/mol. The van der Waals surface area contributed by atoms with Gasteiger partial charge in [0.15, 0.2) is 0 Å². The van der Waals surface area contributed by atoms with Crippen molar-refractivity contribution in [2.75, 3.05) is 18.5 Å². The number of aliphatic hydroxyl groups excluding tert-OH is 1. The zero-order valence-corrected chi connectivity index (χ0v) is 11.5. The van der Waals surface area contributed by atoms with Crippen molar-refractivity contribution in [2.45, 2.75) is 0 Å². The molecule has 0 saturated heterocycles. The summed E-state index contributed by atoms with van der Waals surface area (Å²) in [6, 6.07) is 2.36. The average Bonchev–Trinajstić information content (AvgIpc) is 2.67. The Morgan fingerprint density at radius 1 is 1.30 bits per heavy atom. The molecular formula is C12H9Cl2FN2O3. The molecular weight excluding hydrogens is 310 g/mol. The summed E-state index contributed by atoms with van der Waals surface area (Å²) in [7, 11) is 0. The number of aliphatic hydroxyl groups is 1. The van der Waals surface area contributed by atoms with Gasteiger partial charge in [-0.1, -0.05) is 23.2 Å². The van der Waals surface area contributed by atoms with Crippen molar-refractivity contribution in [2.24, 2.45) is 0 Å². The zero-order valence-electron chi connectivity index (χ0n) is 9.99. The first-order valence-corrected chi connectivity index (χ1v) is 6.30. The molecule has 1 heterocycles. The number of amides is 2. The first-order valence-electron chi connectivity index (χ1n) is 5.54. The van der Waals surface area contributed by atoms with Crippen molar-refractivity contribution >= 4 is 40.7 Å². The van der Waals surface area contributed by atoms with E-state index >= 15 is 0 Å². The highest BCUT2D eigenvalue weighted by Crippen LogP contribution is 2.33. The highest BCUT2D eigenvalue weighted by molar-refractivity contribution is 6.43. The Kier molecular flexibility index (Phi) is 4.27. The van der Waals surface area contributed by atoms with Gasteiger partial charge in [-0.3, -0.25) is 14.5 Å². The van der Waals surface area contributed by atoms with E-state index in [1.54, 1.807) is 0 Å². The molecule has 1 aliphatic rings. The van der Waals surface area contributed by atoms with Crippen molar-refractivity contribution < 1.29 is 19.1 Å². The quantitative estimate of drug-likeness (QED) is 0.656. The van der Waals surface area contributed by atoms with Gasteiger partial charge in [-0.05, 0) is 12.1 Å². The number of nitrogens with one attached hydrogen (secondary N) is 1. The number of imide groups is 1. The number of β-amino-alcohol motifs (C(OH)–C–C–N with tert-alkyl or cyclic N) is 1. The van der Waals surface area contributed by atoms with Crippen LogP contribution < -0.4 is 5.32 Å². The summed E-state index contributed by atoms with van der Waals surface area (Å²) in [5.41, 5.74) is -0.316. The van der Waals surface area contributed by atoms with E-state index < -0.39 is 17.6 Å². The van der Waals surface area contributed by atoms with Crippen molar-refractivity contribution in [3.63, 3.8) is 0 Å². The van der Waals surface area contributed by atoms with Crippen LogP contribution in [0.3, 0.4) is 0 Å². The van der Waals surface area contributed by atoms with E-state index in [2.05, 4.69) is 5.32 Å². The number of nitrogens with zero attached hydrogens (tertiary/aromatic N) is 1. The molecule has 0 radical (unpaired) electrons. The van der Waals surface area contributed by atoms with Crippen LogP contribution in [0, 0.1) is 5.82 Å². The SMILES string of the molecule is O=C1C=C(Nc2c(F)ccc(Cl)c2Cl)C(=O)N1CCO. The fraction of sp³-hybridized carbons (Fsp3) is 0.167. The molecule has 8 heteroatoms. The van der Waals surface area contributed by atoms with E-state index in [9.17, 15) is 14.0 Å². The first-order chi connectivity index (χ1) is 9.45. The van der Waals surface area contributed by atoms with E-state index in [0.29, 0.717) is 0 Å². The Morgan fingerprint density at radius 3 is 2.65 bits per heavy atom. The van der Waals surface area contributed by atoms with Crippen molar-refractivity contribution in [3.8, 4) is 0 Å². The van der Waals surface area contributed by atoms with Crippen LogP contribution in [0.1, 0.15) is 0 Å². The minimum atomic E-state index is -0.707. The molecule has 0 unspecified atom stereocenters. The molecule has 0 fully saturated rings. The van der Waals surface area contributed by atoms with E-state index in [1.807, 2.05) is 0 Å². The van der Waals surface area contributed by atoms with Gasteiger partial charge in [-0.2, -0.15) is 0 Å². The minimum Gasteiger partial charge on any atom is -0.395 e. The predicted octanol–water partition coefficient (Wildman–Crippen LogP) is 1.79. The standard InChI is InChI=1S/C12H9Cl2FN2O3/c13-6-1-2-7(15)11(10(6)14)16-8-5-9(19)17(3-4-18)12(8)20/h1-2,5,16,18H,3-4H2. The van der Waals surface area contributed by atoms with Crippen LogP contribution in [-0.4, -0.2) is 35.0 Å². The maximum absolute atomic E-state index is 13.7. The fourth-order valence-corrected chi connectivity index (χ4v) is 2.04. The van der Waals surface area contributed by atoms with Crippen molar-refractivity contribution in [1.29, 1.82) is 0 Å². The summed E-state index contributed by atoms with van der Waals surface area (Å²) < 4.78 is 13.7. The number of hydrogen-bond acceptors (Lipinski definition) is 4. The third-order valence-corrected chi connectivity index (χ3v) is 3.44. The number of anilines is 1. The van der Waals surface area contributed by atoms with E-state index in [-0.39, 0.29) is 34.6 Å². The van der Waals surface area contributed by atoms with Crippen LogP contribution in [0.5, 0.6) is 0 Å². The fourth-order valence-electron chi connectivity index (χ4n) is 1.69. The smallest absolute Gasteiger partial charge is 0.277 e. The number of halogens is 3. The number of carbonyl (C=O) groups excluding carboxylic acids is 2. The van der Waals surface area contributed by atoms with Crippen LogP contribution in [-0.2, 0) is 9.59 Å². The highest BCUT2D eigenvalue weighted by atomic mass is 35.5. The molecule has 106 valence electrons. The third kappa shape index (κ3) is 2.63. The molecule has 0 bridgehead atoms. The van der Waals surface area contributed by atoms with Crippen LogP contribution in [0.25, 0.3) is 0 Å². The zero-order chi connectivity index (χ0) is 14.9. The number of hydrogen-bond donors (Lipinski definition) is 2. The van der Waals surface area contributed by atoms with Crippen LogP contribution in [0.15, 0.2) is 23.9 Å². The molecule has 0 saturated carbocycles. The lowest BCUT2D eigenvalue weighted by molar-refractivity contribution is -0.137. The molecule has 0 aromatic heterocycles.